The molecule has 3 nitrogen and oxygen atoms in total. The van der Waals surface area contributed by atoms with Crippen LogP contribution < -0.4 is 5.32 Å². The highest BCUT2D eigenvalue weighted by Gasteiger charge is 2.20. The summed E-state index contributed by atoms with van der Waals surface area (Å²) in [5, 5.41) is 3.55. The van der Waals surface area contributed by atoms with Crippen LogP contribution >= 0.6 is 0 Å². The fourth-order valence-corrected chi connectivity index (χ4v) is 2.20. The van der Waals surface area contributed by atoms with E-state index < -0.39 is 0 Å². The highest BCUT2D eigenvalue weighted by Crippen LogP contribution is 2.20. The predicted octanol–water partition coefficient (Wildman–Crippen LogP) is 2.33. The van der Waals surface area contributed by atoms with Crippen molar-refractivity contribution in [2.75, 3.05) is 7.11 Å². The second-order valence-corrected chi connectivity index (χ2v) is 4.23. The van der Waals surface area contributed by atoms with Crippen molar-refractivity contribution in [3.63, 3.8) is 0 Å². The Morgan fingerprint density at radius 3 is 3.20 bits per heavy atom. The molecule has 1 aliphatic carbocycles. The van der Waals surface area contributed by atoms with Gasteiger partial charge >= 0.3 is 0 Å². The van der Waals surface area contributed by atoms with Gasteiger partial charge in [-0.3, -0.25) is 0 Å². The first-order valence-corrected chi connectivity index (χ1v) is 5.65. The van der Waals surface area contributed by atoms with Gasteiger partial charge in [0.25, 0.3) is 0 Å². The summed E-state index contributed by atoms with van der Waals surface area (Å²) in [4.78, 5) is 0. The molecular formula is C12H19NO2. The molecule has 1 aromatic rings. The van der Waals surface area contributed by atoms with E-state index in [-0.39, 0.29) is 0 Å². The summed E-state index contributed by atoms with van der Waals surface area (Å²) in [6.45, 7) is 0.900. The minimum absolute atomic E-state index is 0.445. The number of methoxy groups -OCH3 is 1. The first-order valence-electron chi connectivity index (χ1n) is 5.65. The Hall–Kier alpha value is -0.800. The van der Waals surface area contributed by atoms with Crippen LogP contribution in [0.15, 0.2) is 23.0 Å². The van der Waals surface area contributed by atoms with Crippen LogP contribution in [0, 0.1) is 0 Å². The first kappa shape index (κ1) is 10.7. The molecule has 1 N–H and O–H groups in total. The third kappa shape index (κ3) is 3.08. The summed E-state index contributed by atoms with van der Waals surface area (Å²) in [6.07, 6.45) is 8.83. The quantitative estimate of drug-likeness (QED) is 0.826. The predicted molar refractivity (Wildman–Crippen MR) is 58.6 cm³/mol. The van der Waals surface area contributed by atoms with Gasteiger partial charge in [-0.1, -0.05) is 0 Å². The van der Waals surface area contributed by atoms with E-state index in [0.717, 1.165) is 13.0 Å². The van der Waals surface area contributed by atoms with Gasteiger partial charge in [0, 0.05) is 25.3 Å². The standard InChI is InChI=1S/C12H19NO2/c1-14-12-4-2-3-11(7-12)13-8-10-5-6-15-9-10/h5-6,9,11-13H,2-4,7-8H2,1H3. The summed E-state index contributed by atoms with van der Waals surface area (Å²) in [7, 11) is 1.81. The minimum atomic E-state index is 0.445. The second-order valence-electron chi connectivity index (χ2n) is 4.23. The second kappa shape index (κ2) is 5.33. The normalized spacial score (nSPS) is 26.7. The Bertz CT molecular complexity index is 271. The van der Waals surface area contributed by atoms with Gasteiger partial charge in [-0.05, 0) is 31.7 Å². The largest absolute Gasteiger partial charge is 0.472 e. The van der Waals surface area contributed by atoms with Crippen LogP contribution in [0.2, 0.25) is 0 Å². The lowest BCUT2D eigenvalue weighted by Crippen LogP contribution is -2.36. The molecule has 0 radical (unpaired) electrons. The molecular weight excluding hydrogens is 190 g/mol. The number of hydrogen-bond donors (Lipinski definition) is 1. The molecule has 1 aliphatic rings. The molecule has 1 saturated carbocycles. The van der Waals surface area contributed by atoms with Crippen LogP contribution in [0.3, 0.4) is 0 Å². The monoisotopic (exact) mass is 209 g/mol. The zero-order chi connectivity index (χ0) is 10.5. The van der Waals surface area contributed by atoms with Crippen molar-refractivity contribution in [2.24, 2.45) is 0 Å². The minimum Gasteiger partial charge on any atom is -0.472 e. The average molecular weight is 209 g/mol. The van der Waals surface area contributed by atoms with E-state index in [1.165, 1.54) is 24.8 Å². The zero-order valence-electron chi connectivity index (χ0n) is 9.24. The van der Waals surface area contributed by atoms with Crippen LogP contribution in [-0.2, 0) is 11.3 Å². The number of furan rings is 1. The van der Waals surface area contributed by atoms with Crippen molar-refractivity contribution in [2.45, 2.75) is 44.4 Å². The smallest absolute Gasteiger partial charge is 0.0947 e. The fourth-order valence-electron chi connectivity index (χ4n) is 2.20. The molecule has 0 bridgehead atoms. The Kier molecular flexibility index (Phi) is 3.80. The van der Waals surface area contributed by atoms with Crippen molar-refractivity contribution in [3.05, 3.63) is 24.2 Å². The Labute approximate surface area is 90.8 Å². The molecule has 0 aromatic carbocycles. The summed E-state index contributed by atoms with van der Waals surface area (Å²) < 4.78 is 10.4. The lowest BCUT2D eigenvalue weighted by Gasteiger charge is -2.28. The molecule has 2 rings (SSSR count). The van der Waals surface area contributed by atoms with Gasteiger partial charge in [0.2, 0.25) is 0 Å². The van der Waals surface area contributed by atoms with Crippen molar-refractivity contribution >= 4 is 0 Å². The van der Waals surface area contributed by atoms with Crippen molar-refractivity contribution in [3.8, 4) is 0 Å². The molecule has 1 heterocycles. The van der Waals surface area contributed by atoms with E-state index in [1.54, 1.807) is 12.5 Å². The van der Waals surface area contributed by atoms with Crippen LogP contribution in [0.25, 0.3) is 0 Å². The molecule has 0 spiro atoms. The number of hydrogen-bond acceptors (Lipinski definition) is 3. The molecule has 1 aromatic heterocycles. The van der Waals surface area contributed by atoms with Crippen molar-refractivity contribution < 1.29 is 9.15 Å². The van der Waals surface area contributed by atoms with Gasteiger partial charge in [-0.25, -0.2) is 0 Å². The van der Waals surface area contributed by atoms with Gasteiger partial charge < -0.3 is 14.5 Å². The molecule has 0 amide bonds. The van der Waals surface area contributed by atoms with Crippen molar-refractivity contribution in [1.82, 2.24) is 5.32 Å². The van der Waals surface area contributed by atoms with E-state index in [1.807, 2.05) is 13.2 Å². The molecule has 2 atom stereocenters. The maximum Gasteiger partial charge on any atom is 0.0947 e. The Balaban J connectivity index is 1.74. The highest BCUT2D eigenvalue weighted by atomic mass is 16.5. The van der Waals surface area contributed by atoms with Crippen LogP contribution in [0.1, 0.15) is 31.2 Å². The maximum atomic E-state index is 5.40. The highest BCUT2D eigenvalue weighted by molar-refractivity contribution is 5.04. The molecule has 3 heteroatoms. The molecule has 0 aliphatic heterocycles. The van der Waals surface area contributed by atoms with E-state index in [2.05, 4.69) is 5.32 Å². The van der Waals surface area contributed by atoms with Gasteiger partial charge in [-0.15, -0.1) is 0 Å². The van der Waals surface area contributed by atoms with Gasteiger partial charge in [0.1, 0.15) is 0 Å². The van der Waals surface area contributed by atoms with E-state index >= 15 is 0 Å². The lowest BCUT2D eigenvalue weighted by molar-refractivity contribution is 0.0586. The fraction of sp³-hybridized carbons (Fsp3) is 0.667. The molecule has 0 saturated heterocycles. The molecule has 2 unspecified atom stereocenters. The number of nitrogens with one attached hydrogen (secondary N) is 1. The Morgan fingerprint density at radius 2 is 2.47 bits per heavy atom. The van der Waals surface area contributed by atoms with Crippen LogP contribution in [0.4, 0.5) is 0 Å². The Morgan fingerprint density at radius 1 is 1.53 bits per heavy atom. The average Bonchev–Trinajstić information content (AvgIpc) is 2.79. The summed E-state index contributed by atoms with van der Waals surface area (Å²) in [6, 6.07) is 2.60. The third-order valence-electron chi connectivity index (χ3n) is 3.13. The topological polar surface area (TPSA) is 34.4 Å². The summed E-state index contributed by atoms with van der Waals surface area (Å²) in [5.41, 5.74) is 1.22. The van der Waals surface area contributed by atoms with Crippen molar-refractivity contribution in [1.29, 1.82) is 0 Å². The van der Waals surface area contributed by atoms with E-state index in [9.17, 15) is 0 Å². The lowest BCUT2D eigenvalue weighted by atomic mass is 9.93. The molecule has 15 heavy (non-hydrogen) atoms. The number of rotatable bonds is 4. The summed E-state index contributed by atoms with van der Waals surface area (Å²) in [5.74, 6) is 0. The zero-order valence-corrected chi connectivity index (χ0v) is 9.24. The SMILES string of the molecule is COC1CCCC(NCc2ccoc2)C1. The third-order valence-corrected chi connectivity index (χ3v) is 3.13. The van der Waals surface area contributed by atoms with E-state index in [0.29, 0.717) is 12.1 Å². The first-order chi connectivity index (χ1) is 7.38. The molecule has 84 valence electrons. The summed E-state index contributed by atoms with van der Waals surface area (Å²) >= 11 is 0. The van der Waals surface area contributed by atoms with Crippen LogP contribution in [0.5, 0.6) is 0 Å². The van der Waals surface area contributed by atoms with Gasteiger partial charge in [-0.2, -0.15) is 0 Å². The number of ether oxygens (including phenoxy) is 1. The van der Waals surface area contributed by atoms with Gasteiger partial charge in [0.05, 0.1) is 18.6 Å². The molecule has 1 fully saturated rings. The maximum absolute atomic E-state index is 5.40. The van der Waals surface area contributed by atoms with E-state index in [4.69, 9.17) is 9.15 Å². The van der Waals surface area contributed by atoms with Crippen LogP contribution in [-0.4, -0.2) is 19.3 Å². The van der Waals surface area contributed by atoms with Gasteiger partial charge in [0.15, 0.2) is 0 Å².